The summed E-state index contributed by atoms with van der Waals surface area (Å²) in [5.74, 6) is 0.978. The molecule has 2 aliphatic rings. The Hall–Kier alpha value is -1.66. The molecule has 3 rings (SSSR count). The van der Waals surface area contributed by atoms with Crippen molar-refractivity contribution >= 4 is 23.3 Å². The van der Waals surface area contributed by atoms with E-state index in [9.17, 15) is 9.90 Å². The summed E-state index contributed by atoms with van der Waals surface area (Å²) < 4.78 is 10.5. The van der Waals surface area contributed by atoms with E-state index in [2.05, 4.69) is 5.32 Å². The maximum absolute atomic E-state index is 12.7. The van der Waals surface area contributed by atoms with E-state index < -0.39 is 0 Å². The summed E-state index contributed by atoms with van der Waals surface area (Å²) in [6.45, 7) is 0. The number of fused-ring (bicyclic) bond motifs is 2. The zero-order valence-corrected chi connectivity index (χ0v) is 14.0. The van der Waals surface area contributed by atoms with Crippen LogP contribution in [0.25, 0.3) is 0 Å². The number of piperidine rings is 1. The second kappa shape index (κ2) is 6.45. The topological polar surface area (TPSA) is 71.0 Å². The van der Waals surface area contributed by atoms with Crippen molar-refractivity contribution in [2.24, 2.45) is 0 Å². The zero-order valence-electron chi connectivity index (χ0n) is 13.2. The number of carbonyl (C=O) groups excluding carboxylic acids is 1. The maximum atomic E-state index is 12.7. The van der Waals surface area contributed by atoms with E-state index in [4.69, 9.17) is 21.1 Å². The van der Waals surface area contributed by atoms with Gasteiger partial charge in [-0.05, 0) is 31.7 Å². The molecule has 0 saturated carbocycles. The summed E-state index contributed by atoms with van der Waals surface area (Å²) in [4.78, 5) is 14.5. The summed E-state index contributed by atoms with van der Waals surface area (Å²) in [7, 11) is 3.05. The van der Waals surface area contributed by atoms with Crippen LogP contribution in [0.4, 0.5) is 10.5 Å². The van der Waals surface area contributed by atoms with Crippen molar-refractivity contribution < 1.29 is 19.4 Å². The standard InChI is InChI=1S/C16H21ClN2O4/c1-22-14-8-15(23-2)13(7-12(14)17)18-16(21)19-9-3-4-10(19)6-11(20)5-9/h7-11,20H,3-6H2,1-2H3,(H,18,21)/t9-,10-/m0/s1. The van der Waals surface area contributed by atoms with Gasteiger partial charge in [-0.1, -0.05) is 11.6 Å². The van der Waals surface area contributed by atoms with Gasteiger partial charge in [0, 0.05) is 18.2 Å². The molecule has 2 heterocycles. The number of ether oxygens (including phenoxy) is 2. The third-order valence-electron chi connectivity index (χ3n) is 4.66. The molecule has 2 N–H and O–H groups in total. The number of hydrogen-bond donors (Lipinski definition) is 2. The van der Waals surface area contributed by atoms with Crippen LogP contribution < -0.4 is 14.8 Å². The highest BCUT2D eigenvalue weighted by Crippen LogP contribution is 2.39. The molecule has 2 bridgehead atoms. The van der Waals surface area contributed by atoms with Crippen LogP contribution in [0.5, 0.6) is 11.5 Å². The Kier molecular flexibility index (Phi) is 4.55. The molecular weight excluding hydrogens is 320 g/mol. The third-order valence-corrected chi connectivity index (χ3v) is 4.95. The molecule has 1 aromatic carbocycles. The van der Waals surface area contributed by atoms with Gasteiger partial charge in [0.15, 0.2) is 0 Å². The molecule has 2 atom stereocenters. The normalized spacial score (nSPS) is 26.1. The van der Waals surface area contributed by atoms with E-state index >= 15 is 0 Å². The van der Waals surface area contributed by atoms with Crippen molar-refractivity contribution in [1.29, 1.82) is 0 Å². The molecule has 0 radical (unpaired) electrons. The number of benzene rings is 1. The number of nitrogens with zero attached hydrogens (tertiary/aromatic N) is 1. The maximum Gasteiger partial charge on any atom is 0.322 e. The van der Waals surface area contributed by atoms with E-state index in [1.807, 2.05) is 4.90 Å². The highest BCUT2D eigenvalue weighted by molar-refractivity contribution is 6.32. The molecule has 0 unspecified atom stereocenters. The first-order valence-corrected chi connectivity index (χ1v) is 8.10. The van der Waals surface area contributed by atoms with E-state index in [1.165, 1.54) is 14.2 Å². The lowest BCUT2D eigenvalue weighted by Crippen LogP contribution is -2.49. The molecular formula is C16H21ClN2O4. The zero-order chi connectivity index (χ0) is 16.6. The van der Waals surface area contributed by atoms with E-state index in [-0.39, 0.29) is 24.2 Å². The summed E-state index contributed by atoms with van der Waals surface area (Å²) in [5.41, 5.74) is 0.508. The SMILES string of the molecule is COc1cc(OC)c(NC(=O)N2[C@H]3CC[C@H]2CC(O)C3)cc1Cl. The number of aliphatic hydroxyl groups excluding tert-OH is 1. The van der Waals surface area contributed by atoms with Gasteiger partial charge >= 0.3 is 6.03 Å². The molecule has 2 amide bonds. The van der Waals surface area contributed by atoms with Crippen LogP contribution in [0, 0.1) is 0 Å². The van der Waals surface area contributed by atoms with Crippen molar-refractivity contribution in [3.8, 4) is 11.5 Å². The number of nitrogens with one attached hydrogen (secondary N) is 1. The van der Waals surface area contributed by atoms with Gasteiger partial charge < -0.3 is 24.8 Å². The van der Waals surface area contributed by atoms with E-state index in [0.717, 1.165) is 12.8 Å². The van der Waals surface area contributed by atoms with Gasteiger partial charge in [0.2, 0.25) is 0 Å². The van der Waals surface area contributed by atoms with Crippen molar-refractivity contribution in [2.75, 3.05) is 19.5 Å². The second-order valence-electron chi connectivity index (χ2n) is 6.03. The quantitative estimate of drug-likeness (QED) is 0.887. The molecule has 6 nitrogen and oxygen atoms in total. The highest BCUT2D eigenvalue weighted by atomic mass is 35.5. The number of methoxy groups -OCH3 is 2. The summed E-state index contributed by atoms with van der Waals surface area (Å²) in [6, 6.07) is 3.29. The molecule has 23 heavy (non-hydrogen) atoms. The predicted octanol–water partition coefficient (Wildman–Crippen LogP) is 2.88. The van der Waals surface area contributed by atoms with Crippen molar-refractivity contribution in [1.82, 2.24) is 4.90 Å². The molecule has 0 spiro atoms. The minimum Gasteiger partial charge on any atom is -0.495 e. The largest absolute Gasteiger partial charge is 0.495 e. The van der Waals surface area contributed by atoms with Gasteiger partial charge in [0.05, 0.1) is 31.0 Å². The molecule has 0 aliphatic carbocycles. The fourth-order valence-electron chi connectivity index (χ4n) is 3.62. The molecule has 7 heteroatoms. The van der Waals surface area contributed by atoms with Gasteiger partial charge in [-0.15, -0.1) is 0 Å². The predicted molar refractivity (Wildman–Crippen MR) is 87.5 cm³/mol. The number of halogens is 1. The number of hydrogen-bond acceptors (Lipinski definition) is 4. The molecule has 0 aromatic heterocycles. The first-order chi connectivity index (χ1) is 11.0. The Labute approximate surface area is 140 Å². The van der Waals surface area contributed by atoms with Crippen LogP contribution in [-0.2, 0) is 0 Å². The Morgan fingerprint density at radius 2 is 1.83 bits per heavy atom. The van der Waals surface area contributed by atoms with Crippen LogP contribution in [0.3, 0.4) is 0 Å². The molecule has 126 valence electrons. The molecule has 2 aliphatic heterocycles. The minimum atomic E-state index is -0.304. The van der Waals surface area contributed by atoms with Crippen LogP contribution in [0.1, 0.15) is 25.7 Å². The molecule has 2 saturated heterocycles. The van der Waals surface area contributed by atoms with Crippen LogP contribution in [-0.4, -0.2) is 48.4 Å². The lowest BCUT2D eigenvalue weighted by molar-refractivity contribution is 0.0580. The Bertz CT molecular complexity index is 596. The second-order valence-corrected chi connectivity index (χ2v) is 6.44. The number of urea groups is 1. The van der Waals surface area contributed by atoms with Crippen LogP contribution in [0.2, 0.25) is 5.02 Å². The number of carbonyl (C=O) groups is 1. The Morgan fingerprint density at radius 3 is 2.39 bits per heavy atom. The van der Waals surface area contributed by atoms with Crippen LogP contribution in [0.15, 0.2) is 12.1 Å². The average Bonchev–Trinajstić information content (AvgIpc) is 2.79. The lowest BCUT2D eigenvalue weighted by atomic mass is 10.0. The first kappa shape index (κ1) is 16.2. The lowest BCUT2D eigenvalue weighted by Gasteiger charge is -2.37. The Balaban J connectivity index is 1.79. The molecule has 1 aromatic rings. The summed E-state index contributed by atoms with van der Waals surface area (Å²) in [6.07, 6.45) is 2.86. The first-order valence-electron chi connectivity index (χ1n) is 7.72. The minimum absolute atomic E-state index is 0.100. The number of anilines is 1. The molecule has 2 fully saturated rings. The Morgan fingerprint density at radius 1 is 1.22 bits per heavy atom. The summed E-state index contributed by atoms with van der Waals surface area (Å²) >= 11 is 6.14. The van der Waals surface area contributed by atoms with Crippen LogP contribution >= 0.6 is 11.6 Å². The fraction of sp³-hybridized carbons (Fsp3) is 0.562. The van der Waals surface area contributed by atoms with Crippen molar-refractivity contribution in [3.05, 3.63) is 17.2 Å². The average molecular weight is 341 g/mol. The monoisotopic (exact) mass is 340 g/mol. The van der Waals surface area contributed by atoms with Crippen molar-refractivity contribution in [3.63, 3.8) is 0 Å². The third kappa shape index (κ3) is 3.05. The summed E-state index contributed by atoms with van der Waals surface area (Å²) in [5, 5.41) is 13.1. The number of rotatable bonds is 3. The highest BCUT2D eigenvalue weighted by Gasteiger charge is 2.42. The van der Waals surface area contributed by atoms with E-state index in [1.54, 1.807) is 12.1 Å². The smallest absolute Gasteiger partial charge is 0.322 e. The van der Waals surface area contributed by atoms with Gasteiger partial charge in [0.25, 0.3) is 0 Å². The number of aliphatic hydroxyl groups is 1. The van der Waals surface area contributed by atoms with Gasteiger partial charge in [-0.3, -0.25) is 0 Å². The fourth-order valence-corrected chi connectivity index (χ4v) is 3.86. The van der Waals surface area contributed by atoms with Gasteiger partial charge in [0.1, 0.15) is 11.5 Å². The van der Waals surface area contributed by atoms with E-state index in [0.29, 0.717) is 35.1 Å². The van der Waals surface area contributed by atoms with Gasteiger partial charge in [-0.2, -0.15) is 0 Å². The van der Waals surface area contributed by atoms with Gasteiger partial charge in [-0.25, -0.2) is 4.79 Å². The van der Waals surface area contributed by atoms with Crippen molar-refractivity contribution in [2.45, 2.75) is 43.9 Å². The number of amides is 2.